The van der Waals surface area contributed by atoms with E-state index in [0.29, 0.717) is 0 Å². The molecule has 0 aliphatic carbocycles. The molecular weight excluding hydrogens is 276 g/mol. The molecule has 0 radical (unpaired) electrons. The summed E-state index contributed by atoms with van der Waals surface area (Å²) in [4.78, 5) is 0. The monoisotopic (exact) mass is 286 g/mol. The van der Waals surface area contributed by atoms with E-state index < -0.39 is 17.9 Å². The molecule has 0 saturated heterocycles. The molecule has 0 bridgehead atoms. The minimum Gasteiger partial charge on any atom is -0.497 e. The van der Waals surface area contributed by atoms with Crippen LogP contribution < -0.4 is 9.47 Å². The second-order valence-electron chi connectivity index (χ2n) is 3.92. The fraction of sp³-hybridized carbons (Fsp3) is 0.143. The van der Waals surface area contributed by atoms with Gasteiger partial charge >= 0.3 is 6.36 Å². The van der Waals surface area contributed by atoms with Gasteiger partial charge in [0.1, 0.15) is 17.3 Å². The van der Waals surface area contributed by atoms with Crippen molar-refractivity contribution in [3.63, 3.8) is 0 Å². The molecule has 0 N–H and O–H groups in total. The van der Waals surface area contributed by atoms with Gasteiger partial charge in [-0.05, 0) is 23.8 Å². The third-order valence-corrected chi connectivity index (χ3v) is 2.53. The Morgan fingerprint density at radius 3 is 2.35 bits per heavy atom. The fourth-order valence-electron chi connectivity index (χ4n) is 1.75. The number of benzene rings is 2. The number of halogens is 4. The third-order valence-electron chi connectivity index (χ3n) is 2.53. The molecule has 2 rings (SSSR count). The Bertz CT molecular complexity index is 608. The summed E-state index contributed by atoms with van der Waals surface area (Å²) in [7, 11) is 1.34. The van der Waals surface area contributed by atoms with E-state index in [1.165, 1.54) is 37.4 Å². The number of alkyl halides is 3. The predicted octanol–water partition coefficient (Wildman–Crippen LogP) is 4.40. The van der Waals surface area contributed by atoms with Crippen LogP contribution in [-0.4, -0.2) is 13.5 Å². The van der Waals surface area contributed by atoms with E-state index in [0.717, 1.165) is 12.1 Å². The SMILES string of the molecule is COc1cc(F)cc(-c2ccccc2OC(F)(F)F)c1. The van der Waals surface area contributed by atoms with E-state index in [1.54, 1.807) is 0 Å². The quantitative estimate of drug-likeness (QED) is 0.779. The zero-order valence-electron chi connectivity index (χ0n) is 10.4. The van der Waals surface area contributed by atoms with Gasteiger partial charge in [-0.3, -0.25) is 0 Å². The number of hydrogen-bond donors (Lipinski definition) is 0. The van der Waals surface area contributed by atoms with Crippen molar-refractivity contribution in [3.05, 3.63) is 48.3 Å². The van der Waals surface area contributed by atoms with Gasteiger partial charge in [0.05, 0.1) is 7.11 Å². The summed E-state index contributed by atoms with van der Waals surface area (Å²) >= 11 is 0. The lowest BCUT2D eigenvalue weighted by Gasteiger charge is -2.13. The van der Waals surface area contributed by atoms with Crippen molar-refractivity contribution in [2.45, 2.75) is 6.36 Å². The lowest BCUT2D eigenvalue weighted by Crippen LogP contribution is -2.17. The molecule has 0 amide bonds. The molecule has 0 saturated carbocycles. The van der Waals surface area contributed by atoms with E-state index in [-0.39, 0.29) is 16.9 Å². The molecule has 2 nitrogen and oxygen atoms in total. The van der Waals surface area contributed by atoms with Gasteiger partial charge in [-0.1, -0.05) is 18.2 Å². The topological polar surface area (TPSA) is 18.5 Å². The largest absolute Gasteiger partial charge is 0.573 e. The van der Waals surface area contributed by atoms with Crippen molar-refractivity contribution in [3.8, 4) is 22.6 Å². The highest BCUT2D eigenvalue weighted by molar-refractivity contribution is 5.71. The molecule has 0 heterocycles. The predicted molar refractivity (Wildman–Crippen MR) is 65.1 cm³/mol. The molecule has 0 fully saturated rings. The Morgan fingerprint density at radius 2 is 1.70 bits per heavy atom. The number of hydrogen-bond acceptors (Lipinski definition) is 2. The van der Waals surface area contributed by atoms with Gasteiger partial charge in [-0.25, -0.2) is 4.39 Å². The Kier molecular flexibility index (Phi) is 3.83. The van der Waals surface area contributed by atoms with Crippen LogP contribution in [0.5, 0.6) is 11.5 Å². The molecule has 0 aromatic heterocycles. The highest BCUT2D eigenvalue weighted by Gasteiger charge is 2.32. The second-order valence-corrected chi connectivity index (χ2v) is 3.92. The summed E-state index contributed by atoms with van der Waals surface area (Å²) in [5.41, 5.74) is 0.365. The standard InChI is InChI=1S/C14H10F4O2/c1-19-11-7-9(6-10(15)8-11)12-4-2-3-5-13(12)20-14(16,17)18/h2-8H,1H3. The molecule has 0 spiro atoms. The lowest BCUT2D eigenvalue weighted by molar-refractivity contribution is -0.274. The first-order valence-electron chi connectivity index (χ1n) is 5.59. The maximum atomic E-state index is 13.4. The molecule has 2 aromatic rings. The highest BCUT2D eigenvalue weighted by atomic mass is 19.4. The van der Waals surface area contributed by atoms with Gasteiger partial charge in [-0.2, -0.15) is 0 Å². The van der Waals surface area contributed by atoms with Crippen LogP contribution in [0.4, 0.5) is 17.6 Å². The van der Waals surface area contributed by atoms with Gasteiger partial charge < -0.3 is 9.47 Å². The molecule has 6 heteroatoms. The van der Waals surface area contributed by atoms with Crippen LogP contribution in [0.2, 0.25) is 0 Å². The van der Waals surface area contributed by atoms with E-state index in [9.17, 15) is 17.6 Å². The van der Waals surface area contributed by atoms with Gasteiger partial charge in [0.2, 0.25) is 0 Å². The zero-order valence-corrected chi connectivity index (χ0v) is 10.4. The van der Waals surface area contributed by atoms with Crippen molar-refractivity contribution >= 4 is 0 Å². The van der Waals surface area contributed by atoms with Crippen LogP contribution in [0.1, 0.15) is 0 Å². The number of para-hydroxylation sites is 1. The lowest BCUT2D eigenvalue weighted by atomic mass is 10.0. The van der Waals surface area contributed by atoms with Gasteiger partial charge in [0, 0.05) is 11.6 Å². The van der Waals surface area contributed by atoms with E-state index in [4.69, 9.17) is 4.74 Å². The molecule has 0 unspecified atom stereocenters. The Balaban J connectivity index is 2.50. The second kappa shape index (κ2) is 5.40. The Hall–Kier alpha value is -2.24. The average Bonchev–Trinajstić information content (AvgIpc) is 2.36. The van der Waals surface area contributed by atoms with Gasteiger partial charge in [-0.15, -0.1) is 13.2 Å². The summed E-state index contributed by atoms with van der Waals surface area (Å²) in [6.07, 6.45) is -4.81. The number of rotatable bonds is 3. The third kappa shape index (κ3) is 3.40. The maximum Gasteiger partial charge on any atom is 0.573 e. The molecule has 106 valence electrons. The summed E-state index contributed by atoms with van der Waals surface area (Å²) < 4.78 is 59.3. The van der Waals surface area contributed by atoms with Crippen molar-refractivity contribution in [1.82, 2.24) is 0 Å². The van der Waals surface area contributed by atoms with E-state index in [1.807, 2.05) is 0 Å². The smallest absolute Gasteiger partial charge is 0.497 e. The summed E-state index contributed by atoms with van der Waals surface area (Å²) in [5.74, 6) is -0.796. The average molecular weight is 286 g/mol. The van der Waals surface area contributed by atoms with Crippen LogP contribution >= 0.6 is 0 Å². The van der Waals surface area contributed by atoms with Crippen molar-refractivity contribution in [2.75, 3.05) is 7.11 Å². The first-order valence-corrected chi connectivity index (χ1v) is 5.59. The van der Waals surface area contributed by atoms with Crippen LogP contribution in [0.25, 0.3) is 11.1 Å². The molecule has 2 aromatic carbocycles. The van der Waals surface area contributed by atoms with Crippen LogP contribution in [-0.2, 0) is 0 Å². The van der Waals surface area contributed by atoms with Crippen molar-refractivity contribution in [1.29, 1.82) is 0 Å². The normalized spacial score (nSPS) is 11.2. The van der Waals surface area contributed by atoms with Crippen molar-refractivity contribution < 1.29 is 27.0 Å². The van der Waals surface area contributed by atoms with Crippen LogP contribution in [0.15, 0.2) is 42.5 Å². The fourth-order valence-corrected chi connectivity index (χ4v) is 1.75. The number of ether oxygens (including phenoxy) is 2. The molecule has 20 heavy (non-hydrogen) atoms. The zero-order chi connectivity index (χ0) is 14.8. The molecule has 0 atom stereocenters. The molecular formula is C14H10F4O2. The summed E-state index contributed by atoms with van der Waals surface area (Å²) in [6, 6.07) is 9.20. The Labute approximate surface area is 112 Å². The first kappa shape index (κ1) is 14.2. The highest BCUT2D eigenvalue weighted by Crippen LogP contribution is 2.35. The minimum absolute atomic E-state index is 0.127. The van der Waals surface area contributed by atoms with Crippen LogP contribution in [0.3, 0.4) is 0 Å². The maximum absolute atomic E-state index is 13.4. The van der Waals surface area contributed by atoms with Gasteiger partial charge in [0.25, 0.3) is 0 Å². The van der Waals surface area contributed by atoms with E-state index >= 15 is 0 Å². The summed E-state index contributed by atoms with van der Waals surface area (Å²) in [6.45, 7) is 0. The first-order chi connectivity index (χ1) is 9.39. The Morgan fingerprint density at radius 1 is 1.00 bits per heavy atom. The number of methoxy groups -OCH3 is 1. The minimum atomic E-state index is -4.81. The summed E-state index contributed by atoms with van der Waals surface area (Å²) in [5, 5.41) is 0. The van der Waals surface area contributed by atoms with Gasteiger partial charge in [0.15, 0.2) is 0 Å². The van der Waals surface area contributed by atoms with E-state index in [2.05, 4.69) is 4.74 Å². The molecule has 0 aliphatic rings. The van der Waals surface area contributed by atoms with Crippen LogP contribution in [0, 0.1) is 5.82 Å². The van der Waals surface area contributed by atoms with Crippen molar-refractivity contribution in [2.24, 2.45) is 0 Å². The molecule has 0 aliphatic heterocycles.